The summed E-state index contributed by atoms with van der Waals surface area (Å²) in [6.45, 7) is 0. The predicted octanol–water partition coefficient (Wildman–Crippen LogP) is 0.0839. The van der Waals surface area contributed by atoms with Crippen LogP contribution < -0.4 is 5.32 Å². The van der Waals surface area contributed by atoms with Crippen molar-refractivity contribution >= 4 is 11.9 Å². The van der Waals surface area contributed by atoms with Gasteiger partial charge in [0.25, 0.3) is 0 Å². The summed E-state index contributed by atoms with van der Waals surface area (Å²) < 4.78 is 35.8. The van der Waals surface area contributed by atoms with Crippen molar-refractivity contribution in [1.29, 1.82) is 0 Å². The Kier molecular flexibility index (Phi) is 3.71. The van der Waals surface area contributed by atoms with Gasteiger partial charge in [-0.15, -0.1) is 0 Å². The van der Waals surface area contributed by atoms with Gasteiger partial charge in [0, 0.05) is 18.3 Å². The van der Waals surface area contributed by atoms with E-state index < -0.39 is 24.1 Å². The van der Waals surface area contributed by atoms with E-state index in [1.54, 1.807) is 0 Å². The molecule has 0 radical (unpaired) electrons. The highest BCUT2D eigenvalue weighted by molar-refractivity contribution is 5.87. The highest BCUT2D eigenvalue weighted by Crippen LogP contribution is 2.15. The Balaban J connectivity index is 2.68. The van der Waals surface area contributed by atoms with Crippen LogP contribution in [0.15, 0.2) is 12.5 Å². The van der Waals surface area contributed by atoms with Gasteiger partial charge in [0.15, 0.2) is 0 Å². The van der Waals surface area contributed by atoms with Gasteiger partial charge >= 0.3 is 18.1 Å². The number of H-pyrrole nitrogens is 1. The van der Waals surface area contributed by atoms with Crippen molar-refractivity contribution in [3.8, 4) is 0 Å². The SMILES string of the molecule is O=C(O)[C@@H](Cc1cnc[nH]1)NC(=O)C(F)(F)F. The Bertz CT molecular complexity index is 402. The van der Waals surface area contributed by atoms with Crippen LogP contribution in [0, 0.1) is 0 Å². The monoisotopic (exact) mass is 251 g/mol. The predicted molar refractivity (Wildman–Crippen MR) is 47.9 cm³/mol. The van der Waals surface area contributed by atoms with Crippen molar-refractivity contribution in [2.24, 2.45) is 0 Å². The van der Waals surface area contributed by atoms with Crippen LogP contribution in [0.3, 0.4) is 0 Å². The molecule has 1 aromatic heterocycles. The van der Waals surface area contributed by atoms with E-state index >= 15 is 0 Å². The van der Waals surface area contributed by atoms with Crippen LogP contribution in [0.2, 0.25) is 0 Å². The first-order chi connectivity index (χ1) is 7.80. The van der Waals surface area contributed by atoms with Gasteiger partial charge in [0.05, 0.1) is 6.33 Å². The molecule has 0 aromatic carbocycles. The minimum Gasteiger partial charge on any atom is -0.480 e. The number of alkyl halides is 3. The quantitative estimate of drug-likeness (QED) is 0.706. The third-order valence-electron chi connectivity index (χ3n) is 1.84. The first kappa shape index (κ1) is 13.0. The molecule has 0 aliphatic heterocycles. The van der Waals surface area contributed by atoms with Crippen LogP contribution in [0.5, 0.6) is 0 Å². The van der Waals surface area contributed by atoms with E-state index in [4.69, 9.17) is 5.11 Å². The van der Waals surface area contributed by atoms with Crippen molar-refractivity contribution < 1.29 is 27.9 Å². The van der Waals surface area contributed by atoms with E-state index in [1.165, 1.54) is 17.8 Å². The number of aromatic amines is 1. The zero-order chi connectivity index (χ0) is 13.1. The first-order valence-electron chi connectivity index (χ1n) is 4.38. The molecule has 0 spiro atoms. The lowest BCUT2D eigenvalue weighted by molar-refractivity contribution is -0.175. The Labute approximate surface area is 92.8 Å². The fourth-order valence-electron chi connectivity index (χ4n) is 1.06. The van der Waals surface area contributed by atoms with Crippen LogP contribution in [0.4, 0.5) is 13.2 Å². The first-order valence-corrected chi connectivity index (χ1v) is 4.38. The maximum atomic E-state index is 11.9. The van der Waals surface area contributed by atoms with Crippen molar-refractivity contribution in [2.75, 3.05) is 0 Å². The maximum absolute atomic E-state index is 11.9. The molecule has 9 heteroatoms. The number of nitrogens with zero attached hydrogens (tertiary/aromatic N) is 1. The highest BCUT2D eigenvalue weighted by Gasteiger charge is 2.40. The molecule has 0 bridgehead atoms. The summed E-state index contributed by atoms with van der Waals surface area (Å²) in [6, 6.07) is -1.66. The number of rotatable bonds is 4. The van der Waals surface area contributed by atoms with E-state index in [0.29, 0.717) is 5.69 Å². The molecule has 1 atom stereocenters. The minimum atomic E-state index is -5.11. The standard InChI is InChI=1S/C8H8F3N3O3/c9-8(10,11)7(17)14-5(6(15)16)1-4-2-12-3-13-4/h2-3,5H,1H2,(H,12,13)(H,14,17)(H,15,16)/t5-/m1/s1. The molecule has 1 heterocycles. The van der Waals surface area contributed by atoms with Gasteiger partial charge in [-0.1, -0.05) is 0 Å². The second kappa shape index (κ2) is 4.85. The second-order valence-electron chi connectivity index (χ2n) is 3.14. The molecule has 0 unspecified atom stereocenters. The lowest BCUT2D eigenvalue weighted by Gasteiger charge is -2.14. The fourth-order valence-corrected chi connectivity index (χ4v) is 1.06. The maximum Gasteiger partial charge on any atom is 0.471 e. The van der Waals surface area contributed by atoms with Gasteiger partial charge in [-0.3, -0.25) is 4.79 Å². The summed E-state index contributed by atoms with van der Waals surface area (Å²) in [5.41, 5.74) is 0.305. The Hall–Kier alpha value is -2.06. The van der Waals surface area contributed by atoms with Gasteiger partial charge in [-0.2, -0.15) is 13.2 Å². The number of nitrogens with one attached hydrogen (secondary N) is 2. The summed E-state index contributed by atoms with van der Waals surface area (Å²) in [5, 5.41) is 10.1. The van der Waals surface area contributed by atoms with Gasteiger partial charge < -0.3 is 15.4 Å². The lowest BCUT2D eigenvalue weighted by Crippen LogP contribution is -2.47. The molecule has 0 saturated heterocycles. The molecule has 1 aromatic rings. The number of halogens is 3. The Morgan fingerprint density at radius 3 is 2.59 bits per heavy atom. The number of carboxylic acids is 1. The Morgan fingerprint density at radius 1 is 1.53 bits per heavy atom. The number of aromatic nitrogens is 2. The van der Waals surface area contributed by atoms with E-state index in [0.717, 1.165) is 0 Å². The molecule has 0 fully saturated rings. The molecule has 0 aliphatic carbocycles. The smallest absolute Gasteiger partial charge is 0.471 e. The van der Waals surface area contributed by atoms with Crippen LogP contribution in [-0.2, 0) is 16.0 Å². The summed E-state index contributed by atoms with van der Waals surface area (Å²) in [6.07, 6.45) is -2.91. The molecule has 3 N–H and O–H groups in total. The van der Waals surface area contributed by atoms with Crippen molar-refractivity contribution in [2.45, 2.75) is 18.6 Å². The lowest BCUT2D eigenvalue weighted by atomic mass is 10.1. The molecular weight excluding hydrogens is 243 g/mol. The number of hydrogen-bond donors (Lipinski definition) is 3. The number of carbonyl (C=O) groups excluding carboxylic acids is 1. The topological polar surface area (TPSA) is 95.1 Å². The number of hydrogen-bond acceptors (Lipinski definition) is 3. The molecule has 94 valence electrons. The van der Waals surface area contributed by atoms with Crippen molar-refractivity contribution in [3.05, 3.63) is 18.2 Å². The van der Waals surface area contributed by atoms with Gasteiger partial charge in [-0.05, 0) is 0 Å². The highest BCUT2D eigenvalue weighted by atomic mass is 19.4. The zero-order valence-corrected chi connectivity index (χ0v) is 8.28. The van der Waals surface area contributed by atoms with Crippen LogP contribution in [0.25, 0.3) is 0 Å². The molecule has 0 saturated carbocycles. The third kappa shape index (κ3) is 3.78. The zero-order valence-electron chi connectivity index (χ0n) is 8.28. The molecular formula is C8H8F3N3O3. The van der Waals surface area contributed by atoms with E-state index in [1.807, 2.05) is 0 Å². The molecule has 6 nitrogen and oxygen atoms in total. The van der Waals surface area contributed by atoms with Crippen molar-refractivity contribution in [3.63, 3.8) is 0 Å². The molecule has 1 rings (SSSR count). The van der Waals surface area contributed by atoms with Gasteiger partial charge in [0.2, 0.25) is 0 Å². The summed E-state index contributed by atoms with van der Waals surface area (Å²) in [4.78, 5) is 27.4. The average Bonchev–Trinajstić information content (AvgIpc) is 2.67. The van der Waals surface area contributed by atoms with Crippen LogP contribution >= 0.6 is 0 Å². The number of aliphatic carboxylic acids is 1. The van der Waals surface area contributed by atoms with Gasteiger partial charge in [-0.25, -0.2) is 9.78 Å². The minimum absolute atomic E-state index is 0.305. The number of carboxylic acid groups (broad SMARTS) is 1. The van der Waals surface area contributed by atoms with Crippen LogP contribution in [-0.4, -0.2) is 39.2 Å². The van der Waals surface area contributed by atoms with E-state index in [-0.39, 0.29) is 6.42 Å². The summed E-state index contributed by atoms with van der Waals surface area (Å²) >= 11 is 0. The molecule has 0 aliphatic rings. The molecule has 1 amide bonds. The van der Waals surface area contributed by atoms with Crippen molar-refractivity contribution in [1.82, 2.24) is 15.3 Å². The number of imidazole rings is 1. The summed E-state index contributed by atoms with van der Waals surface area (Å²) in [5.74, 6) is -3.85. The second-order valence-corrected chi connectivity index (χ2v) is 3.14. The number of amides is 1. The van der Waals surface area contributed by atoms with E-state index in [9.17, 15) is 22.8 Å². The number of carbonyl (C=O) groups is 2. The summed E-state index contributed by atoms with van der Waals surface area (Å²) in [7, 11) is 0. The normalized spacial score (nSPS) is 13.1. The van der Waals surface area contributed by atoms with E-state index in [2.05, 4.69) is 9.97 Å². The largest absolute Gasteiger partial charge is 0.480 e. The van der Waals surface area contributed by atoms with Gasteiger partial charge in [0.1, 0.15) is 6.04 Å². The van der Waals surface area contributed by atoms with Crippen LogP contribution in [0.1, 0.15) is 5.69 Å². The fraction of sp³-hybridized carbons (Fsp3) is 0.375. The average molecular weight is 251 g/mol. The third-order valence-corrected chi connectivity index (χ3v) is 1.84. The molecule has 17 heavy (non-hydrogen) atoms. The Morgan fingerprint density at radius 2 is 2.18 bits per heavy atom.